The van der Waals surface area contributed by atoms with Crippen LogP contribution in [0.1, 0.15) is 55.1 Å². The number of unbranched alkanes of at least 4 members (excludes halogenated alkanes) is 1. The fourth-order valence-electron chi connectivity index (χ4n) is 6.56. The van der Waals surface area contributed by atoms with Crippen LogP contribution in [0, 0.1) is 0 Å². The predicted molar refractivity (Wildman–Crippen MR) is 184 cm³/mol. The van der Waals surface area contributed by atoms with Crippen LogP contribution in [0.15, 0.2) is 84.9 Å². The molecule has 1 saturated heterocycles. The quantitative estimate of drug-likeness (QED) is 0.126. The topological polar surface area (TPSA) is 73.2 Å². The Balaban J connectivity index is 1.26. The van der Waals surface area contributed by atoms with Gasteiger partial charge in [0.05, 0.1) is 26.4 Å². The summed E-state index contributed by atoms with van der Waals surface area (Å²) in [5.41, 5.74) is 4.01. The van der Waals surface area contributed by atoms with Gasteiger partial charge in [0, 0.05) is 41.5 Å². The number of nitrogens with zero attached hydrogens (tertiary/aromatic N) is 2. The van der Waals surface area contributed by atoms with E-state index >= 15 is 0 Å². The molecule has 1 aromatic heterocycles. The van der Waals surface area contributed by atoms with Gasteiger partial charge in [-0.25, -0.2) is 4.79 Å². The molecule has 0 unspecified atom stereocenters. The summed E-state index contributed by atoms with van der Waals surface area (Å²) in [7, 11) is 0. The smallest absolute Gasteiger partial charge is 0.353 e. The van der Waals surface area contributed by atoms with Gasteiger partial charge in [-0.3, -0.25) is 4.90 Å². The molecule has 46 heavy (non-hydrogen) atoms. The highest BCUT2D eigenvalue weighted by Gasteiger charge is 2.26. The number of benzene rings is 4. The average molecular weight is 621 g/mol. The molecule has 1 aliphatic heterocycles. The summed E-state index contributed by atoms with van der Waals surface area (Å²) in [5, 5.41) is 13.8. The Hall–Kier alpha value is -4.33. The number of carbonyl (C=O) groups is 1. The third-order valence-electron chi connectivity index (χ3n) is 8.86. The molecule has 5 aromatic rings. The molecule has 6 rings (SSSR count). The first kappa shape index (κ1) is 31.6. The van der Waals surface area contributed by atoms with Gasteiger partial charge >= 0.3 is 5.97 Å². The van der Waals surface area contributed by atoms with Crippen LogP contribution in [-0.2, 0) is 11.3 Å². The number of carboxylic acid groups (broad SMARTS) is 1. The molecule has 0 aliphatic carbocycles. The minimum absolute atomic E-state index is 0.233. The van der Waals surface area contributed by atoms with Crippen LogP contribution in [-0.4, -0.2) is 66.6 Å². The third kappa shape index (κ3) is 7.06. The first-order valence-corrected chi connectivity index (χ1v) is 16.5. The van der Waals surface area contributed by atoms with Crippen LogP contribution in [0.5, 0.6) is 11.5 Å². The molecule has 0 saturated carbocycles. The van der Waals surface area contributed by atoms with Crippen molar-refractivity contribution in [3.05, 3.63) is 96.2 Å². The number of morpholine rings is 1. The van der Waals surface area contributed by atoms with Crippen molar-refractivity contribution in [2.45, 2.75) is 45.6 Å². The van der Waals surface area contributed by atoms with Gasteiger partial charge in [0.15, 0.2) is 0 Å². The maximum absolute atomic E-state index is 13.0. The number of aromatic nitrogens is 1. The van der Waals surface area contributed by atoms with Crippen molar-refractivity contribution >= 4 is 27.6 Å². The first-order chi connectivity index (χ1) is 22.5. The summed E-state index contributed by atoms with van der Waals surface area (Å²) in [6, 6.07) is 28.4. The van der Waals surface area contributed by atoms with E-state index in [1.807, 2.05) is 65.2 Å². The lowest BCUT2D eigenvalue weighted by Gasteiger charge is -2.26. The Morgan fingerprint density at radius 2 is 1.59 bits per heavy atom. The molecule has 240 valence electrons. The molecule has 0 atom stereocenters. The predicted octanol–water partition coefficient (Wildman–Crippen LogP) is 8.24. The maximum atomic E-state index is 13.0. The van der Waals surface area contributed by atoms with Gasteiger partial charge in [-0.2, -0.15) is 0 Å². The minimum Gasteiger partial charge on any atom is -0.494 e. The van der Waals surface area contributed by atoms with Gasteiger partial charge in [0.25, 0.3) is 0 Å². The average Bonchev–Trinajstić information content (AvgIpc) is 3.40. The Morgan fingerprint density at radius 1 is 0.826 bits per heavy atom. The van der Waals surface area contributed by atoms with Gasteiger partial charge in [0.1, 0.15) is 17.2 Å². The van der Waals surface area contributed by atoms with Crippen molar-refractivity contribution in [2.24, 2.45) is 0 Å². The van der Waals surface area contributed by atoms with E-state index < -0.39 is 5.97 Å². The van der Waals surface area contributed by atoms with Crippen molar-refractivity contribution in [3.8, 4) is 22.6 Å². The Morgan fingerprint density at radius 3 is 2.41 bits per heavy atom. The zero-order valence-electron chi connectivity index (χ0n) is 26.9. The van der Waals surface area contributed by atoms with Crippen LogP contribution < -0.4 is 9.47 Å². The number of ether oxygens (including phenoxy) is 3. The lowest BCUT2D eigenvalue weighted by Crippen LogP contribution is -2.36. The number of hydrogen-bond donors (Lipinski definition) is 1. The Bertz CT molecular complexity index is 1780. The molecule has 2 heterocycles. The van der Waals surface area contributed by atoms with Crippen molar-refractivity contribution in [1.29, 1.82) is 0 Å². The zero-order chi connectivity index (χ0) is 31.9. The summed E-state index contributed by atoms with van der Waals surface area (Å²) >= 11 is 0. The van der Waals surface area contributed by atoms with Crippen molar-refractivity contribution in [1.82, 2.24) is 9.47 Å². The van der Waals surface area contributed by atoms with Crippen molar-refractivity contribution < 1.29 is 24.1 Å². The van der Waals surface area contributed by atoms with E-state index in [0.29, 0.717) is 31.9 Å². The minimum atomic E-state index is -0.940. The summed E-state index contributed by atoms with van der Waals surface area (Å²) in [4.78, 5) is 15.5. The lowest BCUT2D eigenvalue weighted by atomic mass is 9.91. The number of aromatic carboxylic acids is 1. The van der Waals surface area contributed by atoms with Crippen molar-refractivity contribution in [2.75, 3.05) is 46.1 Å². The van der Waals surface area contributed by atoms with E-state index in [1.165, 1.54) is 0 Å². The number of hydrogen-bond acceptors (Lipinski definition) is 5. The number of fused-ring (bicyclic) bond motifs is 2. The second-order valence-electron chi connectivity index (χ2n) is 12.3. The van der Waals surface area contributed by atoms with Crippen LogP contribution in [0.4, 0.5) is 0 Å². The van der Waals surface area contributed by atoms with E-state index in [1.54, 1.807) is 0 Å². The molecule has 0 bridgehead atoms. The van der Waals surface area contributed by atoms with E-state index in [9.17, 15) is 9.90 Å². The summed E-state index contributed by atoms with van der Waals surface area (Å²) in [6.45, 7) is 10.6. The summed E-state index contributed by atoms with van der Waals surface area (Å²) in [6.07, 6.45) is 2.67. The zero-order valence-corrected chi connectivity index (χ0v) is 26.9. The number of carboxylic acids is 1. The largest absolute Gasteiger partial charge is 0.494 e. The molecule has 1 aliphatic rings. The molecular weight excluding hydrogens is 576 g/mol. The standard InChI is InChI=1S/C39H44N2O5/c1-28(2)31-13-5-6-15-33(31)37-34-27-30(45-23-8-7-19-40-21-25-44-26-22-40)17-18-35(34)41(38(37)39(42)43)20-10-24-46-36-16-9-12-29-11-3-4-14-32(29)36/h3-6,9,11-18,27-28H,7-8,10,19-26H2,1-2H3,(H,42,43). The molecule has 1 N–H and O–H groups in total. The fraction of sp³-hybridized carbons (Fsp3) is 0.359. The fourth-order valence-corrected chi connectivity index (χ4v) is 6.56. The number of aryl methyl sites for hydroxylation is 1. The van der Waals surface area contributed by atoms with Gasteiger partial charge < -0.3 is 23.9 Å². The molecular formula is C39H44N2O5. The van der Waals surface area contributed by atoms with E-state index in [-0.39, 0.29) is 5.92 Å². The van der Waals surface area contributed by atoms with E-state index in [4.69, 9.17) is 14.2 Å². The first-order valence-electron chi connectivity index (χ1n) is 16.5. The maximum Gasteiger partial charge on any atom is 0.353 e. The molecule has 4 aromatic carbocycles. The van der Waals surface area contributed by atoms with E-state index in [2.05, 4.69) is 43.0 Å². The number of rotatable bonds is 14. The summed E-state index contributed by atoms with van der Waals surface area (Å²) < 4.78 is 19.9. The molecule has 0 spiro atoms. The van der Waals surface area contributed by atoms with Gasteiger partial charge in [0.2, 0.25) is 0 Å². The summed E-state index contributed by atoms with van der Waals surface area (Å²) in [5.74, 6) is 0.893. The SMILES string of the molecule is CC(C)c1ccccc1-c1c(C(=O)O)n(CCCOc2cccc3ccccc23)c2ccc(OCCCCN3CCOCC3)cc12. The highest BCUT2D eigenvalue weighted by Crippen LogP contribution is 2.40. The normalized spacial score (nSPS) is 13.9. The molecule has 7 nitrogen and oxygen atoms in total. The monoisotopic (exact) mass is 620 g/mol. The van der Waals surface area contributed by atoms with Gasteiger partial charge in [-0.05, 0) is 72.5 Å². The molecule has 7 heteroatoms. The van der Waals surface area contributed by atoms with Gasteiger partial charge in [-0.15, -0.1) is 0 Å². The van der Waals surface area contributed by atoms with Crippen LogP contribution in [0.2, 0.25) is 0 Å². The van der Waals surface area contributed by atoms with Crippen LogP contribution in [0.25, 0.3) is 32.8 Å². The molecule has 0 radical (unpaired) electrons. The van der Waals surface area contributed by atoms with Gasteiger partial charge in [-0.1, -0.05) is 74.5 Å². The third-order valence-corrected chi connectivity index (χ3v) is 8.86. The van der Waals surface area contributed by atoms with Crippen molar-refractivity contribution in [3.63, 3.8) is 0 Å². The Kier molecular flexibility index (Phi) is 10.2. The van der Waals surface area contributed by atoms with Crippen LogP contribution >= 0.6 is 0 Å². The van der Waals surface area contributed by atoms with E-state index in [0.717, 1.165) is 95.6 Å². The van der Waals surface area contributed by atoms with Crippen LogP contribution in [0.3, 0.4) is 0 Å². The Labute approximate surface area is 271 Å². The second kappa shape index (κ2) is 14.8. The highest BCUT2D eigenvalue weighted by molar-refractivity contribution is 6.09. The highest BCUT2D eigenvalue weighted by atomic mass is 16.5. The lowest BCUT2D eigenvalue weighted by molar-refractivity contribution is 0.0368. The molecule has 1 fully saturated rings. The molecule has 0 amide bonds. The second-order valence-corrected chi connectivity index (χ2v) is 12.3.